The second-order valence-electron chi connectivity index (χ2n) is 7.03. The molecule has 0 saturated heterocycles. The molecule has 1 aromatic heterocycles. The second-order valence-corrected chi connectivity index (χ2v) is 7.03. The van der Waals surface area contributed by atoms with E-state index in [1.54, 1.807) is 0 Å². The van der Waals surface area contributed by atoms with E-state index in [1.165, 1.54) is 5.56 Å². The predicted molar refractivity (Wildman–Crippen MR) is 86.6 cm³/mol. The first-order valence-corrected chi connectivity index (χ1v) is 7.40. The molecule has 4 nitrogen and oxygen atoms in total. The minimum Gasteiger partial charge on any atom is -0.353 e. The van der Waals surface area contributed by atoms with Gasteiger partial charge < -0.3 is 10.2 Å². The average Bonchev–Trinajstić information content (AvgIpc) is 2.25. The highest BCUT2D eigenvalue weighted by molar-refractivity contribution is 5.39. The standard InChI is InChI=1S/C16H30N4/c1-11(2)13-12(3)18-15(17-9-10-20(7)8)19-14(13)16(4,5)6/h11H,9-10H2,1-8H3,(H,17,18,19). The first-order valence-electron chi connectivity index (χ1n) is 7.40. The van der Waals surface area contributed by atoms with Gasteiger partial charge in [0.15, 0.2) is 0 Å². The smallest absolute Gasteiger partial charge is 0.223 e. The van der Waals surface area contributed by atoms with Crippen molar-refractivity contribution in [2.45, 2.75) is 52.9 Å². The summed E-state index contributed by atoms with van der Waals surface area (Å²) in [7, 11) is 4.13. The number of nitrogens with zero attached hydrogens (tertiary/aromatic N) is 3. The summed E-state index contributed by atoms with van der Waals surface area (Å²) >= 11 is 0. The van der Waals surface area contributed by atoms with Gasteiger partial charge in [-0.25, -0.2) is 9.97 Å². The van der Waals surface area contributed by atoms with E-state index in [4.69, 9.17) is 4.98 Å². The van der Waals surface area contributed by atoms with E-state index in [0.29, 0.717) is 5.92 Å². The van der Waals surface area contributed by atoms with Crippen LogP contribution >= 0.6 is 0 Å². The lowest BCUT2D eigenvalue weighted by Gasteiger charge is -2.25. The molecule has 0 atom stereocenters. The Hall–Kier alpha value is -1.16. The van der Waals surface area contributed by atoms with Crippen molar-refractivity contribution in [1.82, 2.24) is 14.9 Å². The summed E-state index contributed by atoms with van der Waals surface area (Å²) in [5.74, 6) is 1.19. The third-order valence-corrected chi connectivity index (χ3v) is 3.27. The number of nitrogens with one attached hydrogen (secondary N) is 1. The van der Waals surface area contributed by atoms with Crippen molar-refractivity contribution in [2.24, 2.45) is 0 Å². The fourth-order valence-electron chi connectivity index (χ4n) is 2.31. The summed E-state index contributed by atoms with van der Waals surface area (Å²) in [6.45, 7) is 15.0. The van der Waals surface area contributed by atoms with Crippen LogP contribution in [0.3, 0.4) is 0 Å². The van der Waals surface area contributed by atoms with Crippen LogP contribution in [0.15, 0.2) is 0 Å². The number of hydrogen-bond donors (Lipinski definition) is 1. The van der Waals surface area contributed by atoms with Crippen molar-refractivity contribution in [3.63, 3.8) is 0 Å². The Morgan fingerprint density at radius 2 is 1.75 bits per heavy atom. The predicted octanol–water partition coefficient (Wildman–Crippen LogP) is 3.18. The van der Waals surface area contributed by atoms with E-state index in [0.717, 1.165) is 30.4 Å². The van der Waals surface area contributed by atoms with Crippen LogP contribution < -0.4 is 5.32 Å². The third-order valence-electron chi connectivity index (χ3n) is 3.27. The van der Waals surface area contributed by atoms with E-state index in [1.807, 2.05) is 0 Å². The first kappa shape index (κ1) is 16.9. The molecule has 0 fully saturated rings. The Labute approximate surface area is 124 Å². The maximum absolute atomic E-state index is 4.78. The highest BCUT2D eigenvalue weighted by atomic mass is 15.1. The number of likely N-dealkylation sites (N-methyl/N-ethyl adjacent to an activating group) is 1. The average molecular weight is 278 g/mol. The molecule has 0 saturated carbocycles. The number of aryl methyl sites for hydroxylation is 1. The molecular formula is C16H30N4. The van der Waals surface area contributed by atoms with Crippen molar-refractivity contribution in [1.29, 1.82) is 0 Å². The summed E-state index contributed by atoms with van der Waals surface area (Å²) in [4.78, 5) is 11.6. The molecule has 20 heavy (non-hydrogen) atoms. The fraction of sp³-hybridized carbons (Fsp3) is 0.750. The molecule has 0 unspecified atom stereocenters. The molecule has 1 N–H and O–H groups in total. The molecule has 1 aromatic rings. The highest BCUT2D eigenvalue weighted by Crippen LogP contribution is 2.31. The zero-order valence-electron chi connectivity index (χ0n) is 14.3. The van der Waals surface area contributed by atoms with E-state index in [2.05, 4.69) is 70.8 Å². The monoisotopic (exact) mass is 278 g/mol. The Morgan fingerprint density at radius 1 is 1.15 bits per heavy atom. The minimum absolute atomic E-state index is 0.0330. The Bertz CT molecular complexity index is 445. The summed E-state index contributed by atoms with van der Waals surface area (Å²) in [6, 6.07) is 0. The van der Waals surface area contributed by atoms with E-state index >= 15 is 0 Å². The summed E-state index contributed by atoms with van der Waals surface area (Å²) in [5, 5.41) is 3.33. The molecule has 0 aromatic carbocycles. The van der Waals surface area contributed by atoms with Gasteiger partial charge in [0.25, 0.3) is 0 Å². The van der Waals surface area contributed by atoms with Gasteiger partial charge >= 0.3 is 0 Å². The summed E-state index contributed by atoms with van der Waals surface area (Å²) in [6.07, 6.45) is 0. The molecule has 0 spiro atoms. The van der Waals surface area contributed by atoms with Crippen molar-refractivity contribution in [3.8, 4) is 0 Å². The zero-order valence-corrected chi connectivity index (χ0v) is 14.3. The van der Waals surface area contributed by atoms with Crippen LogP contribution in [0.5, 0.6) is 0 Å². The van der Waals surface area contributed by atoms with Gasteiger partial charge in [-0.3, -0.25) is 0 Å². The Kier molecular flexibility index (Phi) is 5.51. The molecule has 0 aliphatic heterocycles. The van der Waals surface area contributed by atoms with Gasteiger partial charge in [-0.1, -0.05) is 34.6 Å². The normalized spacial score (nSPS) is 12.3. The van der Waals surface area contributed by atoms with Crippen LogP contribution in [0.2, 0.25) is 0 Å². The van der Waals surface area contributed by atoms with Crippen LogP contribution in [0.4, 0.5) is 5.95 Å². The van der Waals surface area contributed by atoms with E-state index in [9.17, 15) is 0 Å². The van der Waals surface area contributed by atoms with Crippen LogP contribution in [-0.4, -0.2) is 42.1 Å². The largest absolute Gasteiger partial charge is 0.353 e. The Morgan fingerprint density at radius 3 is 2.20 bits per heavy atom. The third kappa shape index (κ3) is 4.44. The van der Waals surface area contributed by atoms with Gasteiger partial charge in [0.1, 0.15) is 0 Å². The fourth-order valence-corrected chi connectivity index (χ4v) is 2.31. The van der Waals surface area contributed by atoms with Gasteiger partial charge in [-0.2, -0.15) is 0 Å². The van der Waals surface area contributed by atoms with Gasteiger partial charge in [0.05, 0.1) is 5.69 Å². The SMILES string of the molecule is Cc1nc(NCCN(C)C)nc(C(C)(C)C)c1C(C)C. The zero-order chi connectivity index (χ0) is 15.5. The van der Waals surface area contributed by atoms with Crippen LogP contribution in [0.25, 0.3) is 0 Å². The lowest BCUT2D eigenvalue weighted by molar-refractivity contribution is 0.424. The minimum atomic E-state index is 0.0330. The molecule has 0 bridgehead atoms. The number of hydrogen-bond acceptors (Lipinski definition) is 4. The van der Waals surface area contributed by atoms with Gasteiger partial charge in [-0.15, -0.1) is 0 Å². The van der Waals surface area contributed by atoms with Crippen molar-refractivity contribution in [3.05, 3.63) is 17.0 Å². The van der Waals surface area contributed by atoms with E-state index < -0.39 is 0 Å². The molecule has 0 aliphatic carbocycles. The summed E-state index contributed by atoms with van der Waals surface area (Å²) in [5.41, 5.74) is 3.57. The molecule has 0 amide bonds. The maximum atomic E-state index is 4.78. The highest BCUT2D eigenvalue weighted by Gasteiger charge is 2.24. The van der Waals surface area contributed by atoms with Crippen molar-refractivity contribution in [2.75, 3.05) is 32.5 Å². The van der Waals surface area contributed by atoms with Crippen molar-refractivity contribution >= 4 is 5.95 Å². The molecule has 0 aliphatic rings. The molecular weight excluding hydrogens is 248 g/mol. The van der Waals surface area contributed by atoms with Gasteiger partial charge in [0.2, 0.25) is 5.95 Å². The number of anilines is 1. The lowest BCUT2D eigenvalue weighted by Crippen LogP contribution is -2.24. The number of aromatic nitrogens is 2. The molecule has 1 heterocycles. The van der Waals surface area contributed by atoms with E-state index in [-0.39, 0.29) is 5.41 Å². The molecule has 0 radical (unpaired) electrons. The van der Waals surface area contributed by atoms with Gasteiger partial charge in [0, 0.05) is 24.2 Å². The maximum Gasteiger partial charge on any atom is 0.223 e. The first-order chi connectivity index (χ1) is 9.12. The number of rotatable bonds is 5. The molecule has 1 rings (SSSR count). The molecule has 114 valence electrons. The van der Waals surface area contributed by atoms with Crippen molar-refractivity contribution < 1.29 is 0 Å². The lowest BCUT2D eigenvalue weighted by atomic mass is 9.84. The van der Waals surface area contributed by atoms with Crippen LogP contribution in [-0.2, 0) is 5.41 Å². The van der Waals surface area contributed by atoms with Gasteiger partial charge in [-0.05, 0) is 32.5 Å². The quantitative estimate of drug-likeness (QED) is 0.898. The molecule has 4 heteroatoms. The summed E-state index contributed by atoms with van der Waals surface area (Å²) < 4.78 is 0. The topological polar surface area (TPSA) is 41.1 Å². The van der Waals surface area contributed by atoms with Crippen LogP contribution in [0.1, 0.15) is 57.5 Å². The van der Waals surface area contributed by atoms with Crippen LogP contribution in [0, 0.1) is 6.92 Å². The second kappa shape index (κ2) is 6.53. The Balaban J connectivity index is 3.09.